The number of nitrogens with zero attached hydrogens (tertiary/aromatic N) is 1. The Labute approximate surface area is 163 Å². The molecule has 0 radical (unpaired) electrons. The summed E-state index contributed by atoms with van der Waals surface area (Å²) in [6.07, 6.45) is 6.13. The maximum absolute atomic E-state index is 13.5. The van der Waals surface area contributed by atoms with Crippen molar-refractivity contribution < 1.29 is 8.63 Å². The average molecular weight is 374 g/mol. The lowest BCUT2D eigenvalue weighted by Gasteiger charge is -2.11. The summed E-state index contributed by atoms with van der Waals surface area (Å²) in [5, 5.41) is 0. The third kappa shape index (κ3) is 4.80. The molecule has 2 rings (SSSR count). The van der Waals surface area contributed by atoms with Crippen molar-refractivity contribution in [1.82, 2.24) is 4.98 Å². The van der Waals surface area contributed by atoms with Gasteiger partial charge in [0.2, 0.25) is 0 Å². The predicted octanol–water partition coefficient (Wildman–Crippen LogP) is 7.09. The van der Waals surface area contributed by atoms with E-state index >= 15 is 0 Å². The second kappa shape index (κ2) is 9.52. The van der Waals surface area contributed by atoms with E-state index < -0.39 is 7.27 Å². The van der Waals surface area contributed by atoms with Crippen LogP contribution in [-0.2, 0) is 6.42 Å². The molecule has 1 N–H and O–H groups in total. The molecule has 2 heterocycles. The third-order valence-corrected chi connectivity index (χ3v) is 5.62. The Morgan fingerprint density at radius 3 is 2.22 bits per heavy atom. The first-order valence-electron chi connectivity index (χ1n) is 10.3. The molecule has 0 aliphatic carbocycles. The van der Waals surface area contributed by atoms with E-state index in [1.54, 1.807) is 0 Å². The van der Waals surface area contributed by atoms with E-state index in [0.29, 0.717) is 5.57 Å². The van der Waals surface area contributed by atoms with Crippen molar-refractivity contribution in [2.24, 2.45) is 4.99 Å². The van der Waals surface area contributed by atoms with Crippen LogP contribution in [0.1, 0.15) is 82.3 Å². The van der Waals surface area contributed by atoms with Gasteiger partial charge in [-0.25, -0.2) is 0 Å². The molecule has 5 heteroatoms. The normalized spacial score (nSPS) is 16.2. The zero-order valence-electron chi connectivity index (χ0n) is 17.7. The zero-order chi connectivity index (χ0) is 20.1. The smallest absolute Gasteiger partial charge is 0.358 e. The number of hydrogen-bond acceptors (Lipinski definition) is 1. The van der Waals surface area contributed by atoms with E-state index in [2.05, 4.69) is 25.8 Å². The highest BCUT2D eigenvalue weighted by atomic mass is 19.2. The van der Waals surface area contributed by atoms with Gasteiger partial charge in [-0.3, -0.25) is 13.6 Å². The lowest BCUT2D eigenvalue weighted by atomic mass is 9.82. The second-order valence-corrected chi connectivity index (χ2v) is 7.66. The van der Waals surface area contributed by atoms with Gasteiger partial charge in [-0.1, -0.05) is 26.7 Å². The number of rotatable bonds is 9. The fourth-order valence-corrected chi connectivity index (χ4v) is 4.04. The summed E-state index contributed by atoms with van der Waals surface area (Å²) in [5.41, 5.74) is 9.01. The highest BCUT2D eigenvalue weighted by Gasteiger charge is 2.27. The van der Waals surface area contributed by atoms with Crippen molar-refractivity contribution >= 4 is 18.6 Å². The highest BCUT2D eigenvalue weighted by molar-refractivity contribution is 6.45. The lowest BCUT2D eigenvalue weighted by Crippen LogP contribution is -2.02. The summed E-state index contributed by atoms with van der Waals surface area (Å²) < 4.78 is 27.0. The number of halogens is 2. The molecule has 0 atom stereocenters. The molecule has 1 aromatic rings. The van der Waals surface area contributed by atoms with Crippen LogP contribution < -0.4 is 0 Å². The van der Waals surface area contributed by atoms with Crippen molar-refractivity contribution in [1.29, 1.82) is 0 Å². The fourth-order valence-electron chi connectivity index (χ4n) is 4.04. The minimum Gasteiger partial charge on any atom is -0.358 e. The molecular weight excluding hydrogens is 341 g/mol. The Hall–Kier alpha value is -1.65. The molecule has 148 valence electrons. The maximum atomic E-state index is 13.5. The number of allylic oxidation sites excluding steroid dienone is 3. The zero-order valence-corrected chi connectivity index (χ0v) is 17.7. The quantitative estimate of drug-likeness (QED) is 0.447. The first-order chi connectivity index (χ1) is 12.8. The minimum atomic E-state index is -2.39. The number of aryl methyl sites for hydroxylation is 1. The van der Waals surface area contributed by atoms with E-state index in [1.807, 2.05) is 20.8 Å². The highest BCUT2D eigenvalue weighted by Crippen LogP contribution is 2.38. The summed E-state index contributed by atoms with van der Waals surface area (Å²) in [4.78, 5) is 8.16. The van der Waals surface area contributed by atoms with Crippen LogP contribution in [0.3, 0.4) is 0 Å². The lowest BCUT2D eigenvalue weighted by molar-refractivity contribution is 0.664. The van der Waals surface area contributed by atoms with Crippen molar-refractivity contribution in [2.45, 2.75) is 86.4 Å². The molecule has 1 aliphatic rings. The molecule has 1 aromatic heterocycles. The molecule has 0 saturated heterocycles. The minimum absolute atomic E-state index is 0.265. The average Bonchev–Trinajstić information content (AvgIpc) is 3.05. The number of aromatic nitrogens is 1. The van der Waals surface area contributed by atoms with Gasteiger partial charge in [-0.2, -0.15) is 0 Å². The third-order valence-electron chi connectivity index (χ3n) is 5.62. The van der Waals surface area contributed by atoms with Crippen molar-refractivity contribution in [3.05, 3.63) is 39.4 Å². The summed E-state index contributed by atoms with van der Waals surface area (Å²) in [6.45, 7) is 12.5. The molecule has 0 saturated carbocycles. The standard InChI is InChI=1S/C22H33BF2N2/c1-7-9-11-18-14(3)21(26-16(18)5)20(13-23(24)25)22-15(4)19(12-10-8-2)17(6)27-22/h26H,7-13H2,1-6H3. The Balaban J connectivity index is 2.57. The number of H-pyrrole nitrogens is 1. The monoisotopic (exact) mass is 374 g/mol. The van der Waals surface area contributed by atoms with Crippen LogP contribution in [0.4, 0.5) is 8.63 Å². The van der Waals surface area contributed by atoms with E-state index in [1.165, 1.54) is 11.1 Å². The second-order valence-electron chi connectivity index (χ2n) is 7.66. The molecule has 0 fully saturated rings. The maximum Gasteiger partial charge on any atom is 0.542 e. The SMILES string of the molecule is CCCCC1=C(C)C(=C(CB(F)F)c2[nH]c(C)c(CCCC)c2C)N=C1C. The van der Waals surface area contributed by atoms with E-state index in [4.69, 9.17) is 4.99 Å². The molecule has 27 heavy (non-hydrogen) atoms. The first kappa shape index (κ1) is 21.7. The molecular formula is C22H33BF2N2. The predicted molar refractivity (Wildman–Crippen MR) is 114 cm³/mol. The van der Waals surface area contributed by atoms with Gasteiger partial charge in [0.25, 0.3) is 0 Å². The van der Waals surface area contributed by atoms with E-state index in [0.717, 1.165) is 72.5 Å². The van der Waals surface area contributed by atoms with Gasteiger partial charge in [0, 0.05) is 29.0 Å². The van der Waals surface area contributed by atoms with Crippen LogP contribution in [0, 0.1) is 13.8 Å². The van der Waals surface area contributed by atoms with Gasteiger partial charge in [0.1, 0.15) is 0 Å². The van der Waals surface area contributed by atoms with Crippen molar-refractivity contribution in [3.63, 3.8) is 0 Å². The van der Waals surface area contributed by atoms with Crippen LogP contribution >= 0.6 is 0 Å². The Kier molecular flexibility index (Phi) is 7.63. The molecule has 2 nitrogen and oxygen atoms in total. The molecule has 0 unspecified atom stereocenters. The van der Waals surface area contributed by atoms with Crippen LogP contribution in [0.5, 0.6) is 0 Å². The number of hydrogen-bond donors (Lipinski definition) is 1. The van der Waals surface area contributed by atoms with Crippen molar-refractivity contribution in [3.8, 4) is 0 Å². The summed E-state index contributed by atoms with van der Waals surface area (Å²) >= 11 is 0. The fraction of sp³-hybridized carbons (Fsp3) is 0.591. The summed E-state index contributed by atoms with van der Waals surface area (Å²) in [5.74, 6) is 0. The molecule has 0 bridgehead atoms. The Morgan fingerprint density at radius 1 is 1.00 bits per heavy atom. The largest absolute Gasteiger partial charge is 0.542 e. The summed E-state index contributed by atoms with van der Waals surface area (Å²) in [6, 6.07) is 0. The van der Waals surface area contributed by atoms with Gasteiger partial charge in [-0.05, 0) is 75.7 Å². The van der Waals surface area contributed by atoms with Gasteiger partial charge < -0.3 is 4.98 Å². The first-order valence-corrected chi connectivity index (χ1v) is 10.3. The molecule has 0 amide bonds. The topological polar surface area (TPSA) is 28.1 Å². The molecule has 0 spiro atoms. The van der Waals surface area contributed by atoms with E-state index in [9.17, 15) is 8.63 Å². The Bertz CT molecular complexity index is 770. The van der Waals surface area contributed by atoms with Gasteiger partial charge in [0.15, 0.2) is 0 Å². The van der Waals surface area contributed by atoms with Crippen LogP contribution in [-0.4, -0.2) is 18.0 Å². The van der Waals surface area contributed by atoms with Gasteiger partial charge in [0.05, 0.1) is 5.70 Å². The van der Waals surface area contributed by atoms with Crippen LogP contribution in [0.15, 0.2) is 21.8 Å². The van der Waals surface area contributed by atoms with E-state index in [-0.39, 0.29) is 6.32 Å². The number of nitrogens with one attached hydrogen (secondary N) is 1. The number of unbranched alkanes of at least 4 members (excludes halogenated alkanes) is 2. The van der Waals surface area contributed by atoms with Crippen LogP contribution in [0.2, 0.25) is 6.32 Å². The Morgan fingerprint density at radius 2 is 1.63 bits per heavy atom. The number of aliphatic imine (C=N–C) groups is 1. The number of aromatic amines is 1. The van der Waals surface area contributed by atoms with Crippen LogP contribution in [0.25, 0.3) is 5.57 Å². The van der Waals surface area contributed by atoms with Gasteiger partial charge in [-0.15, -0.1) is 0 Å². The molecule has 0 aromatic carbocycles. The molecule has 1 aliphatic heterocycles. The van der Waals surface area contributed by atoms with Gasteiger partial charge >= 0.3 is 7.27 Å². The summed E-state index contributed by atoms with van der Waals surface area (Å²) in [7, 11) is -2.39. The van der Waals surface area contributed by atoms with Crippen molar-refractivity contribution in [2.75, 3.05) is 0 Å².